The van der Waals surface area contributed by atoms with Gasteiger partial charge in [0.1, 0.15) is 17.3 Å². The van der Waals surface area contributed by atoms with Crippen LogP contribution in [0.5, 0.6) is 0 Å². The number of ketones is 1. The Balaban J connectivity index is 1.38. The van der Waals surface area contributed by atoms with Gasteiger partial charge >= 0.3 is 0 Å². The van der Waals surface area contributed by atoms with Gasteiger partial charge in [-0.2, -0.15) is 5.10 Å². The molecule has 3 aromatic rings. The fraction of sp³-hybridized carbons (Fsp3) is 0.409. The monoisotopic (exact) mass is 360 g/mol. The topological polar surface area (TPSA) is 61.9 Å². The van der Waals surface area contributed by atoms with Gasteiger partial charge in [0.15, 0.2) is 0 Å². The van der Waals surface area contributed by atoms with E-state index in [1.807, 2.05) is 30.5 Å². The van der Waals surface area contributed by atoms with Gasteiger partial charge in [0.05, 0.1) is 5.52 Å². The van der Waals surface area contributed by atoms with E-state index in [2.05, 4.69) is 32.2 Å². The number of aromatic nitrogens is 3. The minimum absolute atomic E-state index is 0.252. The first-order valence-corrected chi connectivity index (χ1v) is 9.89. The maximum atomic E-state index is 11.9. The van der Waals surface area contributed by atoms with Crippen LogP contribution in [0.4, 0.5) is 5.82 Å². The minimum atomic E-state index is 0.252. The molecule has 1 aromatic carbocycles. The van der Waals surface area contributed by atoms with E-state index in [9.17, 15) is 4.79 Å². The van der Waals surface area contributed by atoms with Crippen LogP contribution in [0, 0.1) is 5.41 Å². The van der Waals surface area contributed by atoms with Gasteiger partial charge in [0, 0.05) is 43.1 Å². The Hall–Kier alpha value is -2.69. The van der Waals surface area contributed by atoms with E-state index < -0.39 is 0 Å². The zero-order valence-corrected chi connectivity index (χ0v) is 15.4. The molecule has 1 aliphatic carbocycles. The highest BCUT2D eigenvalue weighted by Gasteiger charge is 2.38. The summed E-state index contributed by atoms with van der Waals surface area (Å²) in [4.78, 5) is 18.9. The Morgan fingerprint density at radius 3 is 2.78 bits per heavy atom. The van der Waals surface area contributed by atoms with Crippen LogP contribution in [-0.2, 0) is 4.79 Å². The Labute approximate surface area is 158 Å². The van der Waals surface area contributed by atoms with Crippen LogP contribution >= 0.6 is 0 Å². The summed E-state index contributed by atoms with van der Waals surface area (Å²) >= 11 is 0. The molecule has 0 amide bonds. The average molecular weight is 360 g/mol. The number of nitrogens with one attached hydrogen (secondary N) is 1. The molecule has 27 heavy (non-hydrogen) atoms. The summed E-state index contributed by atoms with van der Waals surface area (Å²) in [7, 11) is 0. The predicted molar refractivity (Wildman–Crippen MR) is 107 cm³/mol. The summed E-state index contributed by atoms with van der Waals surface area (Å²) in [5.41, 5.74) is 3.36. The van der Waals surface area contributed by atoms with Crippen molar-refractivity contribution in [2.24, 2.45) is 5.41 Å². The number of anilines is 1. The number of piperidine rings is 1. The number of benzene rings is 1. The highest BCUT2D eigenvalue weighted by Crippen LogP contribution is 2.44. The number of nitrogens with zero attached hydrogens (tertiary/aromatic N) is 3. The Morgan fingerprint density at radius 2 is 1.93 bits per heavy atom. The van der Waals surface area contributed by atoms with Gasteiger partial charge in [-0.3, -0.25) is 9.89 Å². The summed E-state index contributed by atoms with van der Waals surface area (Å²) in [5, 5.41) is 8.76. The summed E-state index contributed by atoms with van der Waals surface area (Å²) in [6.45, 7) is 1.95. The first-order chi connectivity index (χ1) is 13.2. The Kier molecular flexibility index (Phi) is 3.96. The average Bonchev–Trinajstić information content (AvgIpc) is 3.13. The number of H-pyrrole nitrogens is 1. The normalized spacial score (nSPS) is 19.7. The van der Waals surface area contributed by atoms with Crippen molar-refractivity contribution in [1.29, 1.82) is 0 Å². The number of carbonyl (C=O) groups is 1. The molecular formula is C22H24N4O. The molecule has 2 aromatic heterocycles. The molecule has 5 heteroatoms. The number of hydrogen-bond donors (Lipinski definition) is 1. The van der Waals surface area contributed by atoms with Crippen molar-refractivity contribution in [1.82, 2.24) is 15.2 Å². The van der Waals surface area contributed by atoms with Gasteiger partial charge < -0.3 is 4.90 Å². The van der Waals surface area contributed by atoms with Crippen LogP contribution in [0.1, 0.15) is 38.5 Å². The summed E-state index contributed by atoms with van der Waals surface area (Å²) in [5.74, 6) is 1.47. The van der Waals surface area contributed by atoms with Gasteiger partial charge in [-0.15, -0.1) is 0 Å². The number of rotatable bonds is 2. The van der Waals surface area contributed by atoms with Crippen LogP contribution in [0.3, 0.4) is 0 Å². The molecule has 0 bridgehead atoms. The second-order valence-corrected chi connectivity index (χ2v) is 8.08. The third kappa shape index (κ3) is 3.01. The maximum absolute atomic E-state index is 11.9. The molecule has 138 valence electrons. The van der Waals surface area contributed by atoms with Gasteiger partial charge in [-0.25, -0.2) is 4.98 Å². The van der Waals surface area contributed by atoms with Crippen molar-refractivity contribution in [3.05, 3.63) is 42.6 Å². The van der Waals surface area contributed by atoms with Crippen molar-refractivity contribution in [2.45, 2.75) is 38.5 Å². The molecule has 1 N–H and O–H groups in total. The zero-order chi connectivity index (χ0) is 18.3. The number of fused-ring (bicyclic) bond motifs is 1. The van der Waals surface area contributed by atoms with E-state index >= 15 is 0 Å². The lowest BCUT2D eigenvalue weighted by Gasteiger charge is -2.44. The van der Waals surface area contributed by atoms with E-state index in [-0.39, 0.29) is 5.41 Å². The van der Waals surface area contributed by atoms with Crippen molar-refractivity contribution in [3.63, 3.8) is 0 Å². The van der Waals surface area contributed by atoms with Crippen LogP contribution in [0.25, 0.3) is 22.2 Å². The van der Waals surface area contributed by atoms with Gasteiger partial charge in [0.2, 0.25) is 0 Å². The lowest BCUT2D eigenvalue weighted by atomic mass is 9.67. The lowest BCUT2D eigenvalue weighted by Crippen LogP contribution is -2.43. The molecule has 1 saturated carbocycles. The third-order valence-corrected chi connectivity index (χ3v) is 6.37. The molecule has 2 fully saturated rings. The van der Waals surface area contributed by atoms with Crippen molar-refractivity contribution in [2.75, 3.05) is 18.0 Å². The molecule has 1 spiro atoms. The molecule has 1 aliphatic heterocycles. The van der Waals surface area contributed by atoms with Crippen LogP contribution < -0.4 is 4.90 Å². The smallest absolute Gasteiger partial charge is 0.133 e. The molecule has 1 saturated heterocycles. The van der Waals surface area contributed by atoms with Gasteiger partial charge in [-0.1, -0.05) is 18.2 Å². The fourth-order valence-corrected chi connectivity index (χ4v) is 4.81. The number of carbonyl (C=O) groups excluding carboxylic acids is 1. The van der Waals surface area contributed by atoms with Gasteiger partial charge in [-0.05, 0) is 49.3 Å². The highest BCUT2D eigenvalue weighted by atomic mass is 16.1. The quantitative estimate of drug-likeness (QED) is 0.738. The Morgan fingerprint density at radius 1 is 1.07 bits per heavy atom. The van der Waals surface area contributed by atoms with Crippen molar-refractivity contribution < 1.29 is 4.79 Å². The summed E-state index contributed by atoms with van der Waals surface area (Å²) < 4.78 is 0. The highest BCUT2D eigenvalue weighted by molar-refractivity contribution is 5.93. The van der Waals surface area contributed by atoms with E-state index in [4.69, 9.17) is 0 Å². The number of hydrogen-bond acceptors (Lipinski definition) is 4. The number of para-hydroxylation sites is 1. The number of aromatic amines is 1. The third-order valence-electron chi connectivity index (χ3n) is 6.37. The minimum Gasteiger partial charge on any atom is -0.357 e. The molecule has 2 aliphatic rings. The lowest BCUT2D eigenvalue weighted by molar-refractivity contribution is -0.124. The van der Waals surface area contributed by atoms with Crippen molar-refractivity contribution in [3.8, 4) is 11.3 Å². The standard InChI is InChI=1S/C22H24N4O/c27-17-4-3-8-22(15-17)9-12-26(13-10-22)20-14-16(7-11-23-20)21-18-5-1-2-6-19(18)24-25-21/h1-2,5-7,11,14H,3-4,8-10,12-13,15H2,(H,24,25). The van der Waals surface area contributed by atoms with E-state index in [0.29, 0.717) is 5.78 Å². The second kappa shape index (κ2) is 6.48. The first kappa shape index (κ1) is 16.5. The second-order valence-electron chi connectivity index (χ2n) is 8.08. The molecule has 0 radical (unpaired) electrons. The number of pyridine rings is 1. The number of Topliss-reactive ketones (excluding diaryl/α,β-unsaturated/α-hetero) is 1. The molecular weight excluding hydrogens is 336 g/mol. The molecule has 3 heterocycles. The first-order valence-electron chi connectivity index (χ1n) is 9.89. The SMILES string of the molecule is O=C1CCCC2(CCN(c3cc(-c4n[nH]c5ccccc45)ccn3)CC2)C1. The largest absolute Gasteiger partial charge is 0.357 e. The summed E-state index contributed by atoms with van der Waals surface area (Å²) in [6, 6.07) is 12.4. The summed E-state index contributed by atoms with van der Waals surface area (Å²) in [6.07, 6.45) is 7.91. The van der Waals surface area contributed by atoms with Gasteiger partial charge in [0.25, 0.3) is 0 Å². The van der Waals surface area contributed by atoms with Crippen LogP contribution in [0.2, 0.25) is 0 Å². The molecule has 5 rings (SSSR count). The van der Waals surface area contributed by atoms with E-state index in [0.717, 1.165) is 73.2 Å². The van der Waals surface area contributed by atoms with E-state index in [1.165, 1.54) is 6.42 Å². The Bertz CT molecular complexity index is 985. The zero-order valence-electron chi connectivity index (χ0n) is 15.4. The van der Waals surface area contributed by atoms with Crippen LogP contribution in [0.15, 0.2) is 42.6 Å². The molecule has 5 nitrogen and oxygen atoms in total. The van der Waals surface area contributed by atoms with E-state index in [1.54, 1.807) is 0 Å². The fourth-order valence-electron chi connectivity index (χ4n) is 4.81. The van der Waals surface area contributed by atoms with Crippen LogP contribution in [-0.4, -0.2) is 34.1 Å². The maximum Gasteiger partial charge on any atom is 0.133 e. The van der Waals surface area contributed by atoms with Crippen molar-refractivity contribution >= 4 is 22.5 Å². The molecule has 0 atom stereocenters. The molecule has 0 unspecified atom stereocenters. The predicted octanol–water partition coefficient (Wildman–Crippen LogP) is 4.35.